The van der Waals surface area contributed by atoms with Crippen molar-refractivity contribution in [3.05, 3.63) is 24.3 Å². The number of benzene rings is 1. The van der Waals surface area contributed by atoms with Crippen LogP contribution in [0.4, 0.5) is 5.69 Å². The molecular formula is C15H23NO3. The predicted molar refractivity (Wildman–Crippen MR) is 76.9 cm³/mol. The van der Waals surface area contributed by atoms with Crippen molar-refractivity contribution in [1.29, 1.82) is 0 Å². The Bertz CT molecular complexity index is 410. The highest BCUT2D eigenvalue weighted by atomic mass is 16.5. The molecule has 0 aliphatic carbocycles. The SMILES string of the molecule is CCC(CC)(CN(C)c1ccc(OC)cc1)C(=O)O. The highest BCUT2D eigenvalue weighted by Gasteiger charge is 2.36. The number of carboxylic acids is 1. The van der Waals surface area contributed by atoms with Crippen molar-refractivity contribution in [2.75, 3.05) is 25.6 Å². The van der Waals surface area contributed by atoms with Gasteiger partial charge >= 0.3 is 5.97 Å². The van der Waals surface area contributed by atoms with E-state index in [9.17, 15) is 9.90 Å². The second-order valence-electron chi connectivity index (χ2n) is 4.85. The minimum Gasteiger partial charge on any atom is -0.497 e. The van der Waals surface area contributed by atoms with Gasteiger partial charge in [-0.05, 0) is 37.1 Å². The van der Waals surface area contributed by atoms with Crippen LogP contribution in [0, 0.1) is 5.41 Å². The number of methoxy groups -OCH3 is 1. The van der Waals surface area contributed by atoms with Crippen molar-refractivity contribution < 1.29 is 14.6 Å². The van der Waals surface area contributed by atoms with Gasteiger partial charge in [0, 0.05) is 19.3 Å². The van der Waals surface area contributed by atoms with E-state index in [4.69, 9.17) is 4.74 Å². The second kappa shape index (κ2) is 6.45. The van der Waals surface area contributed by atoms with E-state index in [1.165, 1.54) is 0 Å². The third-order valence-electron chi connectivity index (χ3n) is 3.86. The fraction of sp³-hybridized carbons (Fsp3) is 0.533. The van der Waals surface area contributed by atoms with Crippen molar-refractivity contribution in [3.63, 3.8) is 0 Å². The first-order chi connectivity index (χ1) is 8.99. The Labute approximate surface area is 115 Å². The Morgan fingerprint density at radius 2 is 1.79 bits per heavy atom. The Morgan fingerprint density at radius 1 is 1.26 bits per heavy atom. The second-order valence-corrected chi connectivity index (χ2v) is 4.85. The molecule has 0 saturated heterocycles. The highest BCUT2D eigenvalue weighted by Crippen LogP contribution is 2.30. The summed E-state index contributed by atoms with van der Waals surface area (Å²) in [5.41, 5.74) is 0.308. The van der Waals surface area contributed by atoms with Gasteiger partial charge in [-0.25, -0.2) is 0 Å². The Hall–Kier alpha value is -1.71. The van der Waals surface area contributed by atoms with E-state index >= 15 is 0 Å². The summed E-state index contributed by atoms with van der Waals surface area (Å²) in [5, 5.41) is 9.46. The van der Waals surface area contributed by atoms with E-state index < -0.39 is 11.4 Å². The molecule has 1 aromatic carbocycles. The zero-order valence-corrected chi connectivity index (χ0v) is 12.1. The monoisotopic (exact) mass is 265 g/mol. The Balaban J connectivity index is 2.87. The first kappa shape index (κ1) is 15.3. The fourth-order valence-corrected chi connectivity index (χ4v) is 2.23. The van der Waals surface area contributed by atoms with Crippen molar-refractivity contribution in [1.82, 2.24) is 0 Å². The zero-order chi connectivity index (χ0) is 14.5. The summed E-state index contributed by atoms with van der Waals surface area (Å²) in [6.45, 7) is 4.36. The van der Waals surface area contributed by atoms with Gasteiger partial charge in [-0.1, -0.05) is 13.8 Å². The number of carbonyl (C=O) groups is 1. The van der Waals surface area contributed by atoms with E-state index in [1.54, 1.807) is 7.11 Å². The van der Waals surface area contributed by atoms with Crippen LogP contribution in [-0.2, 0) is 4.79 Å². The first-order valence-corrected chi connectivity index (χ1v) is 6.57. The van der Waals surface area contributed by atoms with Crippen molar-refractivity contribution in [3.8, 4) is 5.75 Å². The molecule has 0 bridgehead atoms. The summed E-state index contributed by atoms with van der Waals surface area (Å²) >= 11 is 0. The number of ether oxygens (including phenoxy) is 1. The number of hydrogen-bond acceptors (Lipinski definition) is 3. The number of aliphatic carboxylic acids is 1. The first-order valence-electron chi connectivity index (χ1n) is 6.57. The molecule has 1 aromatic rings. The molecule has 106 valence electrons. The van der Waals surface area contributed by atoms with E-state index in [-0.39, 0.29) is 0 Å². The molecule has 0 aliphatic rings. The number of carboxylic acid groups (broad SMARTS) is 1. The molecule has 0 spiro atoms. The normalized spacial score (nSPS) is 11.2. The summed E-state index contributed by atoms with van der Waals surface area (Å²) < 4.78 is 5.12. The molecular weight excluding hydrogens is 242 g/mol. The minimum atomic E-state index is -0.724. The maximum absolute atomic E-state index is 11.5. The molecule has 0 saturated carbocycles. The van der Waals surface area contributed by atoms with Crippen molar-refractivity contribution in [2.24, 2.45) is 5.41 Å². The lowest BCUT2D eigenvalue weighted by atomic mass is 9.82. The lowest BCUT2D eigenvalue weighted by Crippen LogP contribution is -2.41. The molecule has 4 nitrogen and oxygen atoms in total. The van der Waals surface area contributed by atoms with Crippen LogP contribution in [-0.4, -0.2) is 31.8 Å². The van der Waals surface area contributed by atoms with Gasteiger partial charge in [-0.3, -0.25) is 4.79 Å². The summed E-state index contributed by atoms with van der Waals surface area (Å²) in [6, 6.07) is 7.64. The largest absolute Gasteiger partial charge is 0.497 e. The van der Waals surface area contributed by atoms with Crippen LogP contribution in [0.2, 0.25) is 0 Å². The smallest absolute Gasteiger partial charge is 0.311 e. The van der Waals surface area contributed by atoms with Crippen LogP contribution in [0.25, 0.3) is 0 Å². The molecule has 19 heavy (non-hydrogen) atoms. The third kappa shape index (κ3) is 3.40. The highest BCUT2D eigenvalue weighted by molar-refractivity contribution is 5.75. The fourth-order valence-electron chi connectivity index (χ4n) is 2.23. The molecule has 0 amide bonds. The Morgan fingerprint density at radius 3 is 2.16 bits per heavy atom. The minimum absolute atomic E-state index is 0.502. The summed E-state index contributed by atoms with van der Waals surface area (Å²) in [7, 11) is 3.55. The van der Waals surface area contributed by atoms with E-state index in [1.807, 2.05) is 50.1 Å². The van der Waals surface area contributed by atoms with E-state index in [0.29, 0.717) is 19.4 Å². The molecule has 0 unspecified atom stereocenters. The molecule has 0 aliphatic heterocycles. The van der Waals surface area contributed by atoms with Gasteiger partial charge < -0.3 is 14.7 Å². The van der Waals surface area contributed by atoms with Crippen LogP contribution < -0.4 is 9.64 Å². The molecule has 4 heteroatoms. The maximum atomic E-state index is 11.5. The molecule has 0 radical (unpaired) electrons. The third-order valence-corrected chi connectivity index (χ3v) is 3.86. The van der Waals surface area contributed by atoms with Crippen LogP contribution in [0.15, 0.2) is 24.3 Å². The average molecular weight is 265 g/mol. The lowest BCUT2D eigenvalue weighted by Gasteiger charge is -2.32. The average Bonchev–Trinajstić information content (AvgIpc) is 2.44. The number of rotatable bonds is 7. The molecule has 0 aromatic heterocycles. The van der Waals surface area contributed by atoms with Gasteiger partial charge in [0.05, 0.1) is 12.5 Å². The number of nitrogens with zero attached hydrogens (tertiary/aromatic N) is 1. The zero-order valence-electron chi connectivity index (χ0n) is 12.1. The van der Waals surface area contributed by atoms with Crippen LogP contribution >= 0.6 is 0 Å². The summed E-state index contributed by atoms with van der Waals surface area (Å²) in [5.74, 6) is 0.0745. The molecule has 0 fully saturated rings. The van der Waals surface area contributed by atoms with Crippen molar-refractivity contribution >= 4 is 11.7 Å². The van der Waals surface area contributed by atoms with Gasteiger partial charge in [0.1, 0.15) is 5.75 Å². The number of hydrogen-bond donors (Lipinski definition) is 1. The number of anilines is 1. The van der Waals surface area contributed by atoms with Gasteiger partial charge in [-0.2, -0.15) is 0 Å². The quantitative estimate of drug-likeness (QED) is 0.823. The van der Waals surface area contributed by atoms with Gasteiger partial charge in [-0.15, -0.1) is 0 Å². The standard InChI is InChI=1S/C15H23NO3/c1-5-15(6-2,14(17)18)11-16(3)12-7-9-13(19-4)10-8-12/h7-10H,5-6,11H2,1-4H3,(H,17,18). The lowest BCUT2D eigenvalue weighted by molar-refractivity contribution is -0.148. The van der Waals surface area contributed by atoms with E-state index in [0.717, 1.165) is 11.4 Å². The molecule has 1 rings (SSSR count). The van der Waals surface area contributed by atoms with Gasteiger partial charge in [0.25, 0.3) is 0 Å². The molecule has 0 heterocycles. The molecule has 1 N–H and O–H groups in total. The summed E-state index contributed by atoms with van der Waals surface area (Å²) in [4.78, 5) is 13.5. The summed E-state index contributed by atoms with van der Waals surface area (Å²) in [6.07, 6.45) is 1.25. The maximum Gasteiger partial charge on any atom is 0.311 e. The van der Waals surface area contributed by atoms with E-state index in [2.05, 4.69) is 0 Å². The topological polar surface area (TPSA) is 49.8 Å². The van der Waals surface area contributed by atoms with Crippen LogP contribution in [0.1, 0.15) is 26.7 Å². The van der Waals surface area contributed by atoms with Crippen molar-refractivity contribution in [2.45, 2.75) is 26.7 Å². The van der Waals surface area contributed by atoms with Crippen LogP contribution in [0.3, 0.4) is 0 Å². The van der Waals surface area contributed by atoms with Gasteiger partial charge in [0.15, 0.2) is 0 Å². The van der Waals surface area contributed by atoms with Gasteiger partial charge in [0.2, 0.25) is 0 Å². The molecule has 0 atom stereocenters. The predicted octanol–water partition coefficient (Wildman–Crippen LogP) is 3.02. The Kier molecular flexibility index (Phi) is 5.21. The van der Waals surface area contributed by atoms with Crippen LogP contribution in [0.5, 0.6) is 5.75 Å².